The molecule has 3 aromatic rings. The van der Waals surface area contributed by atoms with Crippen molar-refractivity contribution < 1.29 is 14.7 Å². The van der Waals surface area contributed by atoms with Crippen molar-refractivity contribution in [2.24, 2.45) is 0 Å². The molecule has 210 valence electrons. The number of β-amino-alcohol motifs (C(OH)–C–C–N with tert-alkyl or cyclic N) is 1. The number of aromatic nitrogens is 3. The highest BCUT2D eigenvalue weighted by Crippen LogP contribution is 2.27. The average Bonchev–Trinajstić information content (AvgIpc) is 3.52. The first-order chi connectivity index (χ1) is 19.4. The van der Waals surface area contributed by atoms with E-state index in [4.69, 9.17) is 0 Å². The molecule has 2 atom stereocenters. The minimum atomic E-state index is -0.632. The van der Waals surface area contributed by atoms with E-state index >= 15 is 0 Å². The third kappa shape index (κ3) is 5.72. The van der Waals surface area contributed by atoms with Gasteiger partial charge in [0.25, 0.3) is 5.91 Å². The first kappa shape index (κ1) is 26.8. The van der Waals surface area contributed by atoms with Gasteiger partial charge >= 0.3 is 0 Å². The summed E-state index contributed by atoms with van der Waals surface area (Å²) < 4.78 is 0. The molecular weight excluding hydrogens is 526 g/mol. The molecule has 1 aromatic carbocycles. The number of benzene rings is 1. The van der Waals surface area contributed by atoms with E-state index in [0.717, 1.165) is 32.4 Å². The van der Waals surface area contributed by atoms with Gasteiger partial charge in [0, 0.05) is 75.9 Å². The summed E-state index contributed by atoms with van der Waals surface area (Å²) in [6, 6.07) is 10.4. The molecule has 0 spiro atoms. The first-order valence-corrected chi connectivity index (χ1v) is 14.9. The highest BCUT2D eigenvalue weighted by atomic mass is 32.1. The Bertz CT molecular complexity index is 1360. The molecule has 2 fully saturated rings. The Balaban J connectivity index is 1.15. The SMILES string of the molecule is CC(=O)N1CCC(Nc2cc(C(=O)N3CC[C@@H](N4CCc5ccccc5C4)[C@H](O)C3)nc(-c3nccs3)n2)CC1. The van der Waals surface area contributed by atoms with E-state index in [9.17, 15) is 14.7 Å². The third-order valence-corrected chi connectivity index (χ3v) is 9.09. The minimum absolute atomic E-state index is 0.0202. The largest absolute Gasteiger partial charge is 0.390 e. The summed E-state index contributed by atoms with van der Waals surface area (Å²) in [5.41, 5.74) is 3.00. The predicted octanol–water partition coefficient (Wildman–Crippen LogP) is 2.66. The maximum absolute atomic E-state index is 13.7. The number of aliphatic hydroxyl groups excluding tert-OH is 1. The topological polar surface area (TPSA) is 115 Å². The number of rotatable bonds is 5. The number of likely N-dealkylation sites (tertiary alicyclic amines) is 2. The van der Waals surface area contributed by atoms with Gasteiger partial charge in [0.15, 0.2) is 10.8 Å². The number of amides is 2. The molecule has 11 heteroatoms. The van der Waals surface area contributed by atoms with Crippen LogP contribution in [0.2, 0.25) is 0 Å². The Morgan fingerprint density at radius 2 is 1.80 bits per heavy atom. The number of piperidine rings is 2. The maximum Gasteiger partial charge on any atom is 0.272 e. The van der Waals surface area contributed by atoms with Gasteiger partial charge in [-0.2, -0.15) is 0 Å². The molecular formula is C29H35N7O3S. The van der Waals surface area contributed by atoms with Crippen LogP contribution in [0.1, 0.15) is 47.8 Å². The second-order valence-corrected chi connectivity index (χ2v) is 11.8. The van der Waals surface area contributed by atoms with Crippen molar-refractivity contribution in [2.75, 3.05) is 38.0 Å². The molecule has 0 radical (unpaired) electrons. The average molecular weight is 562 g/mol. The van der Waals surface area contributed by atoms with Crippen LogP contribution in [0.5, 0.6) is 0 Å². The number of thiazole rings is 1. The van der Waals surface area contributed by atoms with Crippen LogP contribution in [0.15, 0.2) is 41.9 Å². The number of nitrogens with one attached hydrogen (secondary N) is 1. The van der Waals surface area contributed by atoms with E-state index in [1.54, 1.807) is 24.1 Å². The Morgan fingerprint density at radius 1 is 1.02 bits per heavy atom. The minimum Gasteiger partial charge on any atom is -0.390 e. The lowest BCUT2D eigenvalue weighted by atomic mass is 9.94. The molecule has 0 unspecified atom stereocenters. The number of anilines is 1. The lowest BCUT2D eigenvalue weighted by Crippen LogP contribution is -2.56. The van der Waals surface area contributed by atoms with Crippen molar-refractivity contribution in [3.05, 3.63) is 58.7 Å². The number of aliphatic hydroxyl groups is 1. The zero-order valence-corrected chi connectivity index (χ0v) is 23.5. The van der Waals surface area contributed by atoms with Gasteiger partial charge in [-0.25, -0.2) is 15.0 Å². The number of carbonyl (C=O) groups excluding carboxylic acids is 2. The summed E-state index contributed by atoms with van der Waals surface area (Å²) in [5.74, 6) is 0.866. The normalized spacial score (nSPS) is 22.1. The van der Waals surface area contributed by atoms with Gasteiger partial charge in [-0.05, 0) is 36.8 Å². The number of fused-ring (bicyclic) bond motifs is 1. The second kappa shape index (κ2) is 11.6. The van der Waals surface area contributed by atoms with Gasteiger partial charge < -0.3 is 20.2 Å². The van der Waals surface area contributed by atoms with Crippen molar-refractivity contribution in [1.29, 1.82) is 0 Å². The Labute approximate surface area is 238 Å². The smallest absolute Gasteiger partial charge is 0.272 e. The zero-order chi connectivity index (χ0) is 27.6. The molecule has 40 heavy (non-hydrogen) atoms. The van der Waals surface area contributed by atoms with Crippen LogP contribution in [0, 0.1) is 0 Å². The molecule has 3 aliphatic heterocycles. The van der Waals surface area contributed by atoms with Crippen LogP contribution in [-0.2, 0) is 17.8 Å². The van der Waals surface area contributed by atoms with Gasteiger partial charge in [0.2, 0.25) is 5.91 Å². The number of hydrogen-bond donors (Lipinski definition) is 2. The van der Waals surface area contributed by atoms with Crippen LogP contribution >= 0.6 is 11.3 Å². The summed E-state index contributed by atoms with van der Waals surface area (Å²) in [6.07, 6.45) is 4.36. The van der Waals surface area contributed by atoms with Crippen molar-refractivity contribution in [1.82, 2.24) is 29.7 Å². The number of nitrogens with zero attached hydrogens (tertiary/aromatic N) is 6. The van der Waals surface area contributed by atoms with Gasteiger partial charge in [-0.1, -0.05) is 24.3 Å². The summed E-state index contributed by atoms with van der Waals surface area (Å²) in [6.45, 7) is 5.55. The maximum atomic E-state index is 13.7. The fraction of sp³-hybridized carbons (Fsp3) is 0.483. The van der Waals surface area contributed by atoms with Crippen molar-refractivity contribution in [2.45, 2.75) is 57.3 Å². The standard InChI is InChI=1S/C29H35N7O3S/c1-19(37)34-12-7-22(8-13-34)31-26-16-23(32-27(33-26)28-30-10-15-40-28)29(39)36-14-9-24(25(38)18-36)35-11-6-20-4-2-3-5-21(20)17-35/h2-5,10,15-16,22,24-25,38H,6-9,11-14,17-18H2,1H3,(H,31,32,33)/t24-,25-/m1/s1. The lowest BCUT2D eigenvalue weighted by Gasteiger charge is -2.43. The fourth-order valence-electron chi connectivity index (χ4n) is 6.10. The van der Waals surface area contributed by atoms with E-state index in [1.165, 1.54) is 22.5 Å². The number of hydrogen-bond acceptors (Lipinski definition) is 9. The van der Waals surface area contributed by atoms with Gasteiger partial charge in [0.1, 0.15) is 11.5 Å². The molecule has 3 aliphatic rings. The third-order valence-electron chi connectivity index (χ3n) is 8.32. The molecule has 0 saturated carbocycles. The van der Waals surface area contributed by atoms with Crippen molar-refractivity contribution in [3.8, 4) is 10.8 Å². The molecule has 0 aliphatic carbocycles. The van der Waals surface area contributed by atoms with E-state index in [2.05, 4.69) is 49.4 Å². The van der Waals surface area contributed by atoms with Crippen molar-refractivity contribution in [3.63, 3.8) is 0 Å². The second-order valence-electron chi connectivity index (χ2n) is 10.9. The Hall–Kier alpha value is -3.41. The van der Waals surface area contributed by atoms with Crippen LogP contribution in [0.3, 0.4) is 0 Å². The van der Waals surface area contributed by atoms with E-state index in [0.29, 0.717) is 48.4 Å². The first-order valence-electron chi connectivity index (χ1n) is 14.0. The summed E-state index contributed by atoms with van der Waals surface area (Å²) >= 11 is 1.42. The van der Waals surface area contributed by atoms with Crippen LogP contribution in [0.25, 0.3) is 10.8 Å². The number of carbonyl (C=O) groups is 2. The van der Waals surface area contributed by atoms with E-state index in [-0.39, 0.29) is 30.4 Å². The van der Waals surface area contributed by atoms with Crippen LogP contribution < -0.4 is 5.32 Å². The molecule has 2 saturated heterocycles. The van der Waals surface area contributed by atoms with E-state index < -0.39 is 6.10 Å². The molecule has 2 aromatic heterocycles. The molecule has 10 nitrogen and oxygen atoms in total. The Kier molecular flexibility index (Phi) is 7.77. The van der Waals surface area contributed by atoms with E-state index in [1.807, 2.05) is 10.3 Å². The molecule has 6 rings (SSSR count). The lowest BCUT2D eigenvalue weighted by molar-refractivity contribution is -0.129. The van der Waals surface area contributed by atoms with Crippen LogP contribution in [0.4, 0.5) is 5.82 Å². The molecule has 5 heterocycles. The molecule has 2 amide bonds. The summed E-state index contributed by atoms with van der Waals surface area (Å²) in [4.78, 5) is 45.0. The highest BCUT2D eigenvalue weighted by Gasteiger charge is 2.36. The zero-order valence-electron chi connectivity index (χ0n) is 22.7. The monoisotopic (exact) mass is 561 g/mol. The summed E-state index contributed by atoms with van der Waals surface area (Å²) in [7, 11) is 0. The predicted molar refractivity (Wildman–Crippen MR) is 153 cm³/mol. The fourth-order valence-corrected chi connectivity index (χ4v) is 6.67. The van der Waals surface area contributed by atoms with Gasteiger partial charge in [-0.15, -0.1) is 11.3 Å². The van der Waals surface area contributed by atoms with Crippen LogP contribution in [-0.4, -0.2) is 97.5 Å². The van der Waals surface area contributed by atoms with Gasteiger partial charge in [0.05, 0.1) is 6.10 Å². The van der Waals surface area contributed by atoms with Gasteiger partial charge in [-0.3, -0.25) is 14.5 Å². The summed E-state index contributed by atoms with van der Waals surface area (Å²) in [5, 5.41) is 17.1. The Morgan fingerprint density at radius 3 is 2.52 bits per heavy atom. The highest BCUT2D eigenvalue weighted by molar-refractivity contribution is 7.13. The molecule has 0 bridgehead atoms. The quantitative estimate of drug-likeness (QED) is 0.489. The van der Waals surface area contributed by atoms with Crippen molar-refractivity contribution >= 4 is 29.0 Å². The molecule has 2 N–H and O–H groups in total.